The molecule has 4 nitrogen and oxygen atoms in total. The minimum absolute atomic E-state index is 0.291. The summed E-state index contributed by atoms with van der Waals surface area (Å²) in [4.78, 5) is 0. The molecule has 3 aliphatic rings. The molecule has 3 rings (SSSR count). The topological polar surface area (TPSA) is 80.9 Å². The van der Waals surface area contributed by atoms with Gasteiger partial charge < -0.3 is 20.4 Å². The van der Waals surface area contributed by atoms with Crippen LogP contribution in [-0.4, -0.2) is 43.8 Å². The Morgan fingerprint density at radius 1 is 1.00 bits per heavy atom. The molecule has 0 spiro atoms. The molecule has 3 fully saturated rings. The fraction of sp³-hybridized carbons (Fsp3) is 0.812. The van der Waals surface area contributed by atoms with E-state index in [4.69, 9.17) is 0 Å². The summed E-state index contributed by atoms with van der Waals surface area (Å²) in [6, 6.07) is 0. The Bertz CT molecular complexity index is 791. The molecular weight excluding hydrogens is 448 g/mol. The van der Waals surface area contributed by atoms with Crippen LogP contribution in [0.1, 0.15) is 118 Å². The average Bonchev–Trinajstić information content (AvgIpc) is 3.10. The molecule has 3 aliphatic carbocycles. The van der Waals surface area contributed by atoms with Crippen molar-refractivity contribution in [3.63, 3.8) is 0 Å². The number of aliphatic hydroxyl groups excluding tert-OH is 2. The highest BCUT2D eigenvalue weighted by atomic mass is 16.3. The number of rotatable bonds is 10. The van der Waals surface area contributed by atoms with E-state index in [0.717, 1.165) is 56.1 Å². The highest BCUT2D eigenvalue weighted by Gasteiger charge is 2.51. The van der Waals surface area contributed by atoms with Gasteiger partial charge in [-0.15, -0.1) is 0 Å². The second kappa shape index (κ2) is 11.8. The van der Waals surface area contributed by atoms with E-state index in [-0.39, 0.29) is 0 Å². The van der Waals surface area contributed by atoms with Crippen LogP contribution in [0.25, 0.3) is 0 Å². The van der Waals surface area contributed by atoms with Gasteiger partial charge in [0.2, 0.25) is 0 Å². The van der Waals surface area contributed by atoms with Crippen molar-refractivity contribution < 1.29 is 20.4 Å². The Morgan fingerprint density at radius 3 is 2.19 bits per heavy atom. The lowest BCUT2D eigenvalue weighted by molar-refractivity contribution is 0.0480. The molecule has 0 aromatic heterocycles. The summed E-state index contributed by atoms with van der Waals surface area (Å²) in [5.74, 6) is 1.90. The highest BCUT2D eigenvalue weighted by molar-refractivity contribution is 5.38. The summed E-state index contributed by atoms with van der Waals surface area (Å²) in [5.41, 5.74) is 2.36. The van der Waals surface area contributed by atoms with Crippen LogP contribution < -0.4 is 0 Å². The molecule has 206 valence electrons. The third-order valence-electron chi connectivity index (χ3n) is 9.60. The first-order valence-corrected chi connectivity index (χ1v) is 14.6. The van der Waals surface area contributed by atoms with Gasteiger partial charge in [0.25, 0.3) is 0 Å². The fourth-order valence-electron chi connectivity index (χ4n) is 7.66. The van der Waals surface area contributed by atoms with Crippen LogP contribution in [0.4, 0.5) is 0 Å². The summed E-state index contributed by atoms with van der Waals surface area (Å²) in [5, 5.41) is 40.9. The number of aliphatic hydroxyl groups is 4. The van der Waals surface area contributed by atoms with Crippen molar-refractivity contribution in [2.24, 2.45) is 23.2 Å². The zero-order chi connectivity index (χ0) is 26.7. The molecule has 0 bridgehead atoms. The standard InChI is InChI=1S/C32H54O4/c1-22-25(20-26(33)21-29(22)34)14-13-24-12-9-19-32(6)27(15-16-28(24)32)23(10-7-17-30(2,3)35)11-8-18-31(4,5)36/h13-14,23,26-29,33-36H,1,7-12,15-21H2,2-6H3/t26-,27+,28?,29-,32+/m0/s1. The average molecular weight is 503 g/mol. The summed E-state index contributed by atoms with van der Waals surface area (Å²) in [7, 11) is 0. The number of allylic oxidation sites excluding steroid dienone is 3. The summed E-state index contributed by atoms with van der Waals surface area (Å²) in [6.07, 6.45) is 16.5. The van der Waals surface area contributed by atoms with Crippen molar-refractivity contribution >= 4 is 0 Å². The quantitative estimate of drug-likeness (QED) is 0.270. The van der Waals surface area contributed by atoms with Crippen molar-refractivity contribution in [1.82, 2.24) is 0 Å². The Labute approximate surface area is 220 Å². The minimum Gasteiger partial charge on any atom is -0.393 e. The molecule has 4 heteroatoms. The van der Waals surface area contributed by atoms with Crippen molar-refractivity contribution in [2.75, 3.05) is 0 Å². The zero-order valence-electron chi connectivity index (χ0n) is 23.7. The lowest BCUT2D eigenvalue weighted by atomic mass is 9.60. The molecular formula is C32H54O4. The highest BCUT2D eigenvalue weighted by Crippen LogP contribution is 2.60. The lowest BCUT2D eigenvalue weighted by Crippen LogP contribution is -2.37. The van der Waals surface area contributed by atoms with Gasteiger partial charge in [-0.3, -0.25) is 0 Å². The largest absolute Gasteiger partial charge is 0.393 e. The van der Waals surface area contributed by atoms with Crippen LogP contribution in [0.15, 0.2) is 35.5 Å². The van der Waals surface area contributed by atoms with E-state index in [1.807, 2.05) is 27.7 Å². The maximum atomic E-state index is 10.3. The second-order valence-electron chi connectivity index (χ2n) is 13.8. The molecule has 0 heterocycles. The number of hydrogen-bond acceptors (Lipinski definition) is 4. The lowest BCUT2D eigenvalue weighted by Gasteiger charge is -2.45. The number of hydrogen-bond donors (Lipinski definition) is 4. The smallest absolute Gasteiger partial charge is 0.0811 e. The maximum Gasteiger partial charge on any atom is 0.0811 e. The Morgan fingerprint density at radius 2 is 1.61 bits per heavy atom. The molecule has 5 atom stereocenters. The molecule has 4 N–H and O–H groups in total. The first kappa shape index (κ1) is 29.6. The van der Waals surface area contributed by atoms with E-state index < -0.39 is 23.4 Å². The molecule has 0 radical (unpaired) electrons. The van der Waals surface area contributed by atoms with Gasteiger partial charge in [0, 0.05) is 6.42 Å². The van der Waals surface area contributed by atoms with Gasteiger partial charge >= 0.3 is 0 Å². The van der Waals surface area contributed by atoms with Gasteiger partial charge in [0.05, 0.1) is 23.4 Å². The van der Waals surface area contributed by atoms with Gasteiger partial charge in [-0.1, -0.05) is 56.9 Å². The Balaban J connectivity index is 1.77. The summed E-state index contributed by atoms with van der Waals surface area (Å²) >= 11 is 0. The van der Waals surface area contributed by atoms with Crippen molar-refractivity contribution in [3.05, 3.63) is 35.5 Å². The van der Waals surface area contributed by atoms with Gasteiger partial charge in [0.1, 0.15) is 0 Å². The molecule has 0 aliphatic heterocycles. The molecule has 1 unspecified atom stereocenters. The predicted molar refractivity (Wildman–Crippen MR) is 149 cm³/mol. The summed E-state index contributed by atoms with van der Waals surface area (Å²) < 4.78 is 0. The van der Waals surface area contributed by atoms with Crippen molar-refractivity contribution in [2.45, 2.75) is 141 Å². The Kier molecular flexibility index (Phi) is 9.74. The zero-order valence-corrected chi connectivity index (χ0v) is 23.7. The normalized spacial score (nSPS) is 34.1. The monoisotopic (exact) mass is 502 g/mol. The van der Waals surface area contributed by atoms with E-state index in [2.05, 4.69) is 25.7 Å². The van der Waals surface area contributed by atoms with E-state index in [1.165, 1.54) is 31.3 Å². The molecule has 3 saturated carbocycles. The van der Waals surface area contributed by atoms with E-state index in [9.17, 15) is 20.4 Å². The third kappa shape index (κ3) is 7.79. The fourth-order valence-corrected chi connectivity index (χ4v) is 7.66. The molecule has 0 amide bonds. The van der Waals surface area contributed by atoms with Crippen LogP contribution in [-0.2, 0) is 0 Å². The molecule has 0 saturated heterocycles. The van der Waals surface area contributed by atoms with E-state index in [0.29, 0.717) is 36.0 Å². The maximum absolute atomic E-state index is 10.3. The number of fused-ring (bicyclic) bond motifs is 1. The molecule has 0 aromatic carbocycles. The van der Waals surface area contributed by atoms with Crippen LogP contribution in [0.3, 0.4) is 0 Å². The van der Waals surface area contributed by atoms with E-state index in [1.54, 1.807) is 0 Å². The molecule has 0 aromatic rings. The van der Waals surface area contributed by atoms with Crippen LogP contribution in [0, 0.1) is 23.2 Å². The van der Waals surface area contributed by atoms with Gasteiger partial charge in [-0.25, -0.2) is 0 Å². The minimum atomic E-state index is -0.639. The van der Waals surface area contributed by atoms with Gasteiger partial charge in [0.15, 0.2) is 0 Å². The van der Waals surface area contributed by atoms with E-state index >= 15 is 0 Å². The first-order chi connectivity index (χ1) is 16.7. The Hall–Kier alpha value is -0.940. The SMILES string of the molecule is C=C1C(=CC=C2CCC[C@@]3(C)C2CC[C@@H]3C(CCCC(C)(C)O)CCCC(C)(C)O)C[C@H](O)C[C@@H]1O. The van der Waals surface area contributed by atoms with Crippen LogP contribution in [0.2, 0.25) is 0 Å². The molecule has 36 heavy (non-hydrogen) atoms. The second-order valence-corrected chi connectivity index (χ2v) is 13.8. The van der Waals surface area contributed by atoms with Crippen LogP contribution >= 0.6 is 0 Å². The van der Waals surface area contributed by atoms with Crippen molar-refractivity contribution in [1.29, 1.82) is 0 Å². The van der Waals surface area contributed by atoms with Crippen LogP contribution in [0.5, 0.6) is 0 Å². The predicted octanol–water partition coefficient (Wildman–Crippen LogP) is 6.63. The van der Waals surface area contributed by atoms with Crippen molar-refractivity contribution in [3.8, 4) is 0 Å². The third-order valence-corrected chi connectivity index (χ3v) is 9.60. The first-order valence-electron chi connectivity index (χ1n) is 14.6. The van der Waals surface area contributed by atoms with Gasteiger partial charge in [-0.2, -0.15) is 0 Å². The summed E-state index contributed by atoms with van der Waals surface area (Å²) in [6.45, 7) is 14.3. The van der Waals surface area contributed by atoms with Gasteiger partial charge in [-0.05, 0) is 113 Å².